The number of hydrogen-bond donors (Lipinski definition) is 1. The molecule has 0 aromatic heterocycles. The standard InChI is InChI=1S/C22H27NO5S/c24-20(22-11-17-8-18(12-22)10-19(9-17)13-22)15-28-21(25)14-23-29(26,27)7-6-16-4-2-1-3-5-16/h1-7,17-19,23H,8-15H2/b7-6+. The van der Waals surface area contributed by atoms with Gasteiger partial charge in [-0.25, -0.2) is 13.1 Å². The lowest BCUT2D eigenvalue weighted by atomic mass is 9.48. The first-order valence-electron chi connectivity index (χ1n) is 10.3. The Balaban J connectivity index is 1.25. The van der Waals surface area contributed by atoms with Crippen molar-refractivity contribution in [1.82, 2.24) is 4.72 Å². The summed E-state index contributed by atoms with van der Waals surface area (Å²) >= 11 is 0. The number of rotatable bonds is 8. The van der Waals surface area contributed by atoms with Crippen molar-refractivity contribution < 1.29 is 22.7 Å². The third-order valence-electron chi connectivity index (χ3n) is 6.65. The second-order valence-corrected chi connectivity index (χ2v) is 10.5. The Morgan fingerprint density at radius 3 is 2.21 bits per heavy atom. The average Bonchev–Trinajstić information content (AvgIpc) is 2.69. The second-order valence-electron chi connectivity index (χ2n) is 8.86. The zero-order chi connectivity index (χ0) is 20.5. The smallest absolute Gasteiger partial charge is 0.321 e. The fourth-order valence-corrected chi connectivity index (χ4v) is 6.49. The summed E-state index contributed by atoms with van der Waals surface area (Å²) < 4.78 is 31.3. The Labute approximate surface area is 171 Å². The van der Waals surface area contributed by atoms with Crippen LogP contribution >= 0.6 is 0 Å². The summed E-state index contributed by atoms with van der Waals surface area (Å²) in [6, 6.07) is 8.99. The van der Waals surface area contributed by atoms with E-state index in [1.807, 2.05) is 6.07 Å². The highest BCUT2D eigenvalue weighted by atomic mass is 32.2. The first kappa shape index (κ1) is 20.3. The Bertz CT molecular complexity index is 871. The van der Waals surface area contributed by atoms with Crippen molar-refractivity contribution in [1.29, 1.82) is 0 Å². The lowest BCUT2D eigenvalue weighted by Crippen LogP contribution is -2.51. The molecule has 0 atom stereocenters. The van der Waals surface area contributed by atoms with Crippen molar-refractivity contribution in [2.75, 3.05) is 13.2 Å². The Kier molecular flexibility index (Phi) is 5.62. The normalized spacial score (nSPS) is 30.6. The number of carbonyl (C=O) groups excluding carboxylic acids is 2. The fraction of sp³-hybridized carbons (Fsp3) is 0.545. The molecule has 6 nitrogen and oxygen atoms in total. The van der Waals surface area contributed by atoms with E-state index in [9.17, 15) is 18.0 Å². The van der Waals surface area contributed by atoms with Crippen molar-refractivity contribution >= 4 is 27.9 Å². The summed E-state index contributed by atoms with van der Waals surface area (Å²) in [5.74, 6) is 1.20. The van der Waals surface area contributed by atoms with Crippen LogP contribution in [0.5, 0.6) is 0 Å². The summed E-state index contributed by atoms with van der Waals surface area (Å²) in [6.07, 6.45) is 7.94. The van der Waals surface area contributed by atoms with E-state index in [0.29, 0.717) is 17.8 Å². The first-order chi connectivity index (χ1) is 13.8. The molecule has 4 saturated carbocycles. The number of ketones is 1. The van der Waals surface area contributed by atoms with Gasteiger partial charge in [-0.3, -0.25) is 9.59 Å². The van der Waals surface area contributed by atoms with Crippen LogP contribution in [-0.2, 0) is 24.3 Å². The number of hydrogen-bond acceptors (Lipinski definition) is 5. The molecular formula is C22H27NO5S. The Morgan fingerprint density at radius 1 is 1.03 bits per heavy atom. The van der Waals surface area contributed by atoms with Gasteiger partial charge in [0.05, 0.1) is 0 Å². The number of Topliss-reactive ketones (excluding diaryl/α,β-unsaturated/α-hetero) is 1. The molecule has 4 fully saturated rings. The predicted molar refractivity (Wildman–Crippen MR) is 109 cm³/mol. The van der Waals surface area contributed by atoms with Crippen LogP contribution in [0.3, 0.4) is 0 Å². The van der Waals surface area contributed by atoms with E-state index in [2.05, 4.69) is 4.72 Å². The summed E-state index contributed by atoms with van der Waals surface area (Å²) in [4.78, 5) is 24.8. The van der Waals surface area contributed by atoms with Crippen molar-refractivity contribution in [3.63, 3.8) is 0 Å². The molecule has 0 heterocycles. The highest BCUT2D eigenvalue weighted by Gasteiger charge is 2.54. The van der Waals surface area contributed by atoms with Gasteiger partial charge in [-0.2, -0.15) is 0 Å². The molecule has 0 radical (unpaired) electrons. The molecular weight excluding hydrogens is 390 g/mol. The molecule has 7 heteroatoms. The molecule has 0 unspecified atom stereocenters. The van der Waals surface area contributed by atoms with Crippen LogP contribution in [0.4, 0.5) is 0 Å². The Morgan fingerprint density at radius 2 is 1.62 bits per heavy atom. The van der Waals surface area contributed by atoms with Gasteiger partial charge in [0.1, 0.15) is 6.54 Å². The van der Waals surface area contributed by atoms with Gasteiger partial charge in [-0.05, 0) is 67.9 Å². The molecule has 4 aliphatic carbocycles. The molecule has 0 saturated heterocycles. The topological polar surface area (TPSA) is 89.5 Å². The molecule has 29 heavy (non-hydrogen) atoms. The van der Waals surface area contributed by atoms with Crippen LogP contribution < -0.4 is 4.72 Å². The van der Waals surface area contributed by atoms with Gasteiger partial charge < -0.3 is 4.74 Å². The minimum absolute atomic E-state index is 0.0109. The zero-order valence-corrected chi connectivity index (χ0v) is 17.2. The molecule has 4 aliphatic rings. The monoisotopic (exact) mass is 417 g/mol. The molecule has 0 spiro atoms. The van der Waals surface area contributed by atoms with E-state index >= 15 is 0 Å². The van der Waals surface area contributed by atoms with Crippen molar-refractivity contribution in [2.45, 2.75) is 38.5 Å². The van der Waals surface area contributed by atoms with Crippen LogP contribution in [0, 0.1) is 23.2 Å². The summed E-state index contributed by atoms with van der Waals surface area (Å²) in [7, 11) is -3.77. The number of benzene rings is 1. The van der Waals surface area contributed by atoms with E-state index in [1.54, 1.807) is 24.3 Å². The quantitative estimate of drug-likeness (QED) is 0.657. The van der Waals surface area contributed by atoms with E-state index in [-0.39, 0.29) is 17.8 Å². The molecule has 5 rings (SSSR count). The number of ether oxygens (including phenoxy) is 1. The second kappa shape index (κ2) is 8.03. The van der Waals surface area contributed by atoms with Crippen LogP contribution in [0.15, 0.2) is 35.7 Å². The molecule has 0 amide bonds. The average molecular weight is 418 g/mol. The third kappa shape index (κ3) is 4.78. The molecule has 0 aliphatic heterocycles. The Hall–Kier alpha value is -1.99. The minimum atomic E-state index is -3.77. The lowest BCUT2D eigenvalue weighted by Gasteiger charge is -2.55. The summed E-state index contributed by atoms with van der Waals surface area (Å²) in [5, 5.41) is 1.01. The van der Waals surface area contributed by atoms with Gasteiger partial charge in [0, 0.05) is 10.8 Å². The van der Waals surface area contributed by atoms with E-state index in [0.717, 1.165) is 30.2 Å². The first-order valence-corrected chi connectivity index (χ1v) is 11.8. The molecule has 1 aromatic carbocycles. The lowest BCUT2D eigenvalue weighted by molar-refractivity contribution is -0.157. The molecule has 4 bridgehead atoms. The van der Waals surface area contributed by atoms with Crippen LogP contribution in [0.2, 0.25) is 0 Å². The van der Waals surface area contributed by atoms with Crippen LogP contribution in [0.25, 0.3) is 6.08 Å². The largest absolute Gasteiger partial charge is 0.457 e. The highest BCUT2D eigenvalue weighted by Crippen LogP contribution is 2.60. The number of nitrogens with one attached hydrogen (secondary N) is 1. The van der Waals surface area contributed by atoms with E-state index < -0.39 is 22.5 Å². The van der Waals surface area contributed by atoms with Gasteiger partial charge >= 0.3 is 5.97 Å². The molecule has 156 valence electrons. The van der Waals surface area contributed by atoms with Crippen LogP contribution in [-0.4, -0.2) is 33.3 Å². The predicted octanol–water partition coefficient (Wildman–Crippen LogP) is 2.91. The number of carbonyl (C=O) groups is 2. The van der Waals surface area contributed by atoms with Gasteiger partial charge in [-0.15, -0.1) is 0 Å². The third-order valence-corrected chi connectivity index (χ3v) is 7.69. The van der Waals surface area contributed by atoms with Gasteiger partial charge in [0.25, 0.3) is 0 Å². The van der Waals surface area contributed by atoms with Crippen molar-refractivity contribution in [3.8, 4) is 0 Å². The maximum atomic E-state index is 12.8. The van der Waals surface area contributed by atoms with Crippen molar-refractivity contribution in [3.05, 3.63) is 41.3 Å². The van der Waals surface area contributed by atoms with Gasteiger partial charge in [-0.1, -0.05) is 30.3 Å². The fourth-order valence-electron chi connectivity index (χ4n) is 5.74. The minimum Gasteiger partial charge on any atom is -0.457 e. The van der Waals surface area contributed by atoms with Gasteiger partial charge in [0.15, 0.2) is 12.4 Å². The van der Waals surface area contributed by atoms with Crippen LogP contribution in [0.1, 0.15) is 44.1 Å². The van der Waals surface area contributed by atoms with Crippen molar-refractivity contribution in [2.24, 2.45) is 23.2 Å². The molecule has 1 N–H and O–H groups in total. The zero-order valence-electron chi connectivity index (χ0n) is 16.4. The number of esters is 1. The SMILES string of the molecule is O=C(CNS(=O)(=O)/C=C/c1ccccc1)OCC(=O)C12CC3CC(CC(C3)C1)C2. The highest BCUT2D eigenvalue weighted by molar-refractivity contribution is 7.92. The number of sulfonamides is 1. The van der Waals surface area contributed by atoms with Gasteiger partial charge in [0.2, 0.25) is 10.0 Å². The summed E-state index contributed by atoms with van der Waals surface area (Å²) in [5.41, 5.74) is 0.425. The van der Waals surface area contributed by atoms with E-state index in [1.165, 1.54) is 25.3 Å². The maximum Gasteiger partial charge on any atom is 0.321 e. The maximum absolute atomic E-state index is 12.8. The summed E-state index contributed by atoms with van der Waals surface area (Å²) in [6.45, 7) is -0.748. The molecule has 1 aromatic rings. The van der Waals surface area contributed by atoms with E-state index in [4.69, 9.17) is 4.74 Å².